The summed E-state index contributed by atoms with van der Waals surface area (Å²) in [6.45, 7) is 7.52. The van der Waals surface area contributed by atoms with Gasteiger partial charge in [0.15, 0.2) is 35.1 Å². The number of aliphatic hydroxyl groups excluding tert-OH is 2. The van der Waals surface area contributed by atoms with Gasteiger partial charge in [0.05, 0.1) is 38.3 Å². The molecule has 0 saturated carbocycles. The van der Waals surface area contributed by atoms with E-state index in [1.54, 1.807) is 0 Å². The number of nitrogens with zero attached hydrogens (tertiary/aromatic N) is 2. The Balaban J connectivity index is 5.77. The highest BCUT2D eigenvalue weighted by atomic mass is 16.3. The Morgan fingerprint density at radius 3 is 1.42 bits per heavy atom. The fourth-order valence-electron chi connectivity index (χ4n) is 8.91. The first-order valence-electron chi connectivity index (χ1n) is 28.4. The summed E-state index contributed by atoms with van der Waals surface area (Å²) >= 11 is 0. The summed E-state index contributed by atoms with van der Waals surface area (Å²) in [5, 5.41) is 33.2. The van der Waals surface area contributed by atoms with Crippen LogP contribution >= 0.6 is 0 Å². The number of aliphatic imine (C=N–C) groups is 2. The summed E-state index contributed by atoms with van der Waals surface area (Å²) < 4.78 is 0. The molecule has 0 spiro atoms. The molecule has 7 atom stereocenters. The highest BCUT2D eigenvalue weighted by Gasteiger charge is 2.34. The zero-order valence-electron chi connectivity index (χ0n) is 47.6. The van der Waals surface area contributed by atoms with E-state index in [1.807, 2.05) is 27.7 Å². The fourth-order valence-corrected chi connectivity index (χ4v) is 8.91. The van der Waals surface area contributed by atoms with Gasteiger partial charge in [0, 0.05) is 70.0 Å². The summed E-state index contributed by atoms with van der Waals surface area (Å²) in [5.41, 5.74) is 22.0. The first kappa shape index (κ1) is 71.5. The lowest BCUT2D eigenvalue weighted by molar-refractivity contribution is -0.136. The number of rotatable bonds is 48. The van der Waals surface area contributed by atoms with Crippen molar-refractivity contribution in [1.82, 2.24) is 26.6 Å². The molecule has 0 radical (unpaired) electrons. The van der Waals surface area contributed by atoms with E-state index in [0.29, 0.717) is 12.8 Å². The number of unbranched alkanes of at least 4 members (excludes halogenated alkanes) is 12. The van der Waals surface area contributed by atoms with E-state index in [2.05, 4.69) is 43.5 Å². The normalized spacial score (nSPS) is 13.9. The van der Waals surface area contributed by atoms with Crippen LogP contribution in [0.2, 0.25) is 0 Å². The molecule has 0 aromatic carbocycles. The van der Waals surface area contributed by atoms with Crippen LogP contribution in [0.5, 0.6) is 0 Å². The Hall–Kier alpha value is -5.51. The molecule has 0 saturated heterocycles. The number of carbonyl (C=O) groups is 9. The molecule has 0 heterocycles. The number of Topliss-reactive ketones (excluding diaryl/α,β-unsaturated/α-hetero) is 4. The molecule has 0 rings (SSSR count). The van der Waals surface area contributed by atoms with Crippen molar-refractivity contribution in [2.24, 2.45) is 68.4 Å². The summed E-state index contributed by atoms with van der Waals surface area (Å²) in [6, 6.07) is -2.50. The number of guanidine groups is 2. The maximum atomic E-state index is 14.2. The molecule has 0 aliphatic heterocycles. The molecule has 0 aliphatic carbocycles. The maximum Gasteiger partial charge on any atom is 0.226 e. The van der Waals surface area contributed by atoms with Crippen molar-refractivity contribution in [3.05, 3.63) is 0 Å². The molecule has 22 nitrogen and oxygen atoms in total. The van der Waals surface area contributed by atoms with Gasteiger partial charge in [0.1, 0.15) is 6.04 Å². The van der Waals surface area contributed by atoms with Gasteiger partial charge in [-0.25, -0.2) is 0 Å². The Morgan fingerprint density at radius 2 is 0.961 bits per heavy atom. The van der Waals surface area contributed by atoms with E-state index in [0.717, 1.165) is 19.3 Å². The number of hydrogen-bond acceptors (Lipinski definition) is 13. The molecule has 15 N–H and O–H groups in total. The average Bonchev–Trinajstić information content (AvgIpc) is 3.39. The van der Waals surface area contributed by atoms with Crippen molar-refractivity contribution in [3.8, 4) is 0 Å². The van der Waals surface area contributed by atoms with Crippen LogP contribution < -0.4 is 49.5 Å². The van der Waals surface area contributed by atoms with Gasteiger partial charge < -0.3 is 59.7 Å². The summed E-state index contributed by atoms with van der Waals surface area (Å²) in [5.74, 6) is -9.56. The SMILES string of the molecule is CCCCCCCCCCCCCCCC(=O)NCC(=O)C[C@@H](CO)C(=O)NCC(=O)C[C@@H](CCCN=C(N)N)C(=O)N[C@@H](CC(C)C)C(=O)C[C@@H](CCCN=C(N)N)C(=O)N[C@@H](CO)C(=O)CC(C(=O)NC)[C@@H](C)CC. The second kappa shape index (κ2) is 43.5. The van der Waals surface area contributed by atoms with Crippen LogP contribution in [0.25, 0.3) is 0 Å². The second-order valence-electron chi connectivity index (χ2n) is 21.0. The Labute approximate surface area is 458 Å². The predicted molar refractivity (Wildman–Crippen MR) is 300 cm³/mol. The molecule has 0 fully saturated rings. The summed E-state index contributed by atoms with van der Waals surface area (Å²) in [6.07, 6.45) is 15.6. The van der Waals surface area contributed by atoms with Gasteiger partial charge >= 0.3 is 0 Å². The van der Waals surface area contributed by atoms with E-state index >= 15 is 0 Å². The molecule has 77 heavy (non-hydrogen) atoms. The van der Waals surface area contributed by atoms with E-state index in [1.165, 1.54) is 64.8 Å². The van der Waals surface area contributed by atoms with Crippen LogP contribution in [0.1, 0.15) is 189 Å². The smallest absolute Gasteiger partial charge is 0.226 e. The van der Waals surface area contributed by atoms with Crippen molar-refractivity contribution < 1.29 is 53.4 Å². The minimum Gasteiger partial charge on any atom is -0.396 e. The molecule has 5 amide bonds. The molecule has 0 aromatic heterocycles. The molecule has 442 valence electrons. The largest absolute Gasteiger partial charge is 0.396 e. The van der Waals surface area contributed by atoms with Gasteiger partial charge in [-0.1, -0.05) is 118 Å². The van der Waals surface area contributed by atoms with Crippen molar-refractivity contribution in [3.63, 3.8) is 0 Å². The van der Waals surface area contributed by atoms with Crippen molar-refractivity contribution in [2.75, 3.05) is 46.4 Å². The molecule has 22 heteroatoms. The molecule has 1 unspecified atom stereocenters. The topological polar surface area (TPSA) is 383 Å². The average molecular weight is 1090 g/mol. The second-order valence-corrected chi connectivity index (χ2v) is 21.0. The van der Waals surface area contributed by atoms with Crippen LogP contribution in [-0.4, -0.2) is 133 Å². The third kappa shape index (κ3) is 34.8. The zero-order valence-corrected chi connectivity index (χ0v) is 47.6. The molecular weight excluding hydrogens is 991 g/mol. The minimum absolute atomic E-state index is 0.0752. The molecular formula is C55H101N11O11. The highest BCUT2D eigenvalue weighted by molar-refractivity contribution is 5.97. The molecule has 0 bridgehead atoms. The predicted octanol–water partition coefficient (Wildman–Crippen LogP) is 2.90. The van der Waals surface area contributed by atoms with E-state index in [4.69, 9.17) is 22.9 Å². The lowest BCUT2D eigenvalue weighted by atomic mass is 9.85. The number of aliphatic hydroxyl groups is 2. The number of ketones is 4. The van der Waals surface area contributed by atoms with Crippen LogP contribution in [0.3, 0.4) is 0 Å². The van der Waals surface area contributed by atoms with Crippen molar-refractivity contribution >= 4 is 64.6 Å². The number of nitrogens with one attached hydrogen (secondary N) is 5. The molecule has 0 aromatic rings. The van der Waals surface area contributed by atoms with Crippen LogP contribution in [0.15, 0.2) is 9.98 Å². The lowest BCUT2D eigenvalue weighted by Gasteiger charge is -2.26. The van der Waals surface area contributed by atoms with Crippen LogP contribution in [-0.2, 0) is 43.2 Å². The lowest BCUT2D eigenvalue weighted by Crippen LogP contribution is -2.49. The quantitative estimate of drug-likeness (QED) is 0.0237. The van der Waals surface area contributed by atoms with E-state index < -0.39 is 103 Å². The Bertz CT molecular complexity index is 1840. The van der Waals surface area contributed by atoms with Gasteiger partial charge in [-0.15, -0.1) is 0 Å². The first-order valence-corrected chi connectivity index (χ1v) is 28.4. The maximum absolute atomic E-state index is 14.2. The van der Waals surface area contributed by atoms with Crippen molar-refractivity contribution in [1.29, 1.82) is 0 Å². The van der Waals surface area contributed by atoms with Gasteiger partial charge in [-0.2, -0.15) is 0 Å². The third-order valence-electron chi connectivity index (χ3n) is 13.8. The number of amides is 5. The first-order chi connectivity index (χ1) is 36.6. The van der Waals surface area contributed by atoms with Crippen LogP contribution in [0.4, 0.5) is 0 Å². The Kier molecular flexibility index (Phi) is 40.4. The monoisotopic (exact) mass is 1090 g/mol. The van der Waals surface area contributed by atoms with Gasteiger partial charge in [0.25, 0.3) is 0 Å². The van der Waals surface area contributed by atoms with E-state index in [-0.39, 0.29) is 113 Å². The highest BCUT2D eigenvalue weighted by Crippen LogP contribution is 2.23. The van der Waals surface area contributed by atoms with E-state index in [9.17, 15) is 53.4 Å². The zero-order chi connectivity index (χ0) is 58.1. The van der Waals surface area contributed by atoms with Crippen molar-refractivity contribution in [2.45, 2.75) is 201 Å². The van der Waals surface area contributed by atoms with Gasteiger partial charge in [-0.05, 0) is 50.4 Å². The minimum atomic E-state index is -1.37. The number of nitrogens with two attached hydrogens (primary N) is 4. The van der Waals surface area contributed by atoms with Gasteiger partial charge in [0.2, 0.25) is 29.5 Å². The number of carbonyl (C=O) groups excluding carboxylic acids is 9. The Morgan fingerprint density at radius 1 is 0.506 bits per heavy atom. The fraction of sp³-hybridized carbons (Fsp3) is 0.800. The summed E-state index contributed by atoms with van der Waals surface area (Å²) in [7, 11) is 1.46. The molecule has 0 aliphatic rings. The number of hydrogen-bond donors (Lipinski definition) is 11. The standard InChI is InChI=1S/C55H101N11O11/c1-7-9-10-11-12-13-14-15-16-17-18-19-20-25-49(73)63-33-43(70)30-41(35-67)50(74)64-34-42(69)29-39(23-21-26-61-54(56)57)51(75)65-45(28-37(3)4)47(71)31-40(24-22-27-62-55(58)59)52(76)66-46(36-68)48(72)32-44(38(5)8-2)53(77)60-6/h37-41,44-46,67-68H,7-36H2,1-6H3,(H,60,77)(H,63,73)(H,64,74)(H,65,75)(H,66,76)(H4,56,57,61)(H4,58,59,62)/t38-,39+,40+,41-,44?,45-,46-/m0/s1. The van der Waals surface area contributed by atoms with Crippen LogP contribution in [0, 0.1) is 35.5 Å². The van der Waals surface area contributed by atoms with Gasteiger partial charge in [-0.3, -0.25) is 53.1 Å². The summed E-state index contributed by atoms with van der Waals surface area (Å²) in [4.78, 5) is 128. The third-order valence-corrected chi connectivity index (χ3v) is 13.8.